The van der Waals surface area contributed by atoms with E-state index in [2.05, 4.69) is 71.6 Å². The summed E-state index contributed by atoms with van der Waals surface area (Å²) in [5, 5.41) is 3.87. The Morgan fingerprint density at radius 1 is 1.08 bits per heavy atom. The van der Waals surface area contributed by atoms with Crippen LogP contribution in [-0.4, -0.2) is 41.0 Å². The lowest BCUT2D eigenvalue weighted by Gasteiger charge is -2.32. The fourth-order valence-corrected chi connectivity index (χ4v) is 3.61. The number of nitrogens with zero attached hydrogens (tertiary/aromatic N) is 2. The summed E-state index contributed by atoms with van der Waals surface area (Å²) in [7, 11) is 2.20. The number of nitrogens with one attached hydrogen (secondary N) is 2. The molecule has 1 aromatic heterocycles. The monoisotopic (exact) mass is 334 g/mol. The highest BCUT2D eigenvalue weighted by molar-refractivity contribution is 5.75. The summed E-state index contributed by atoms with van der Waals surface area (Å²) >= 11 is 0. The topological polar surface area (TPSA) is 44.0 Å². The highest BCUT2D eigenvalue weighted by Gasteiger charge is 2.24. The molecule has 0 amide bonds. The molecule has 1 atom stereocenters. The molecule has 0 saturated carbocycles. The maximum absolute atomic E-state index is 4.86. The highest BCUT2D eigenvalue weighted by atomic mass is 15.1. The van der Waals surface area contributed by atoms with E-state index in [9.17, 15) is 0 Å². The number of hydrogen-bond donors (Lipinski definition) is 2. The largest absolute Gasteiger partial charge is 0.340 e. The smallest absolute Gasteiger partial charge is 0.129 e. The van der Waals surface area contributed by atoms with E-state index in [1.54, 1.807) is 0 Å². The average molecular weight is 334 g/mol. The van der Waals surface area contributed by atoms with Gasteiger partial charge in [0.2, 0.25) is 0 Å². The standard InChI is InChI=1S/C21H26N4/c1-15-7-9-16(10-8-15)20(22-17-11-13-25(2)14-12-17)21-23-18-5-3-4-6-19(18)24-21/h3-10,17,20,22H,11-14H2,1-2H3,(H,23,24). The van der Waals surface area contributed by atoms with E-state index >= 15 is 0 Å². The molecule has 2 N–H and O–H groups in total. The molecule has 1 aliphatic heterocycles. The number of aryl methyl sites for hydroxylation is 1. The van der Waals surface area contributed by atoms with Crippen LogP contribution < -0.4 is 5.32 Å². The first-order valence-corrected chi connectivity index (χ1v) is 9.15. The summed E-state index contributed by atoms with van der Waals surface area (Å²) in [4.78, 5) is 10.8. The molecule has 130 valence electrons. The number of fused-ring (bicyclic) bond motifs is 1. The fourth-order valence-electron chi connectivity index (χ4n) is 3.61. The molecule has 4 rings (SSSR count). The van der Waals surface area contributed by atoms with E-state index in [0.29, 0.717) is 6.04 Å². The molecule has 25 heavy (non-hydrogen) atoms. The maximum Gasteiger partial charge on any atom is 0.129 e. The summed E-state index contributed by atoms with van der Waals surface area (Å²) in [6.45, 7) is 4.43. The summed E-state index contributed by atoms with van der Waals surface area (Å²) in [6, 6.07) is 17.7. The van der Waals surface area contributed by atoms with Gasteiger partial charge in [0.25, 0.3) is 0 Å². The van der Waals surface area contributed by atoms with E-state index in [4.69, 9.17) is 4.98 Å². The van der Waals surface area contributed by atoms with Crippen molar-refractivity contribution in [3.63, 3.8) is 0 Å². The van der Waals surface area contributed by atoms with Crippen LogP contribution in [0.15, 0.2) is 48.5 Å². The number of rotatable bonds is 4. The van der Waals surface area contributed by atoms with Crippen molar-refractivity contribution in [1.82, 2.24) is 20.2 Å². The summed E-state index contributed by atoms with van der Waals surface area (Å²) < 4.78 is 0. The van der Waals surface area contributed by atoms with Crippen molar-refractivity contribution < 1.29 is 0 Å². The predicted octanol–water partition coefficient (Wildman–Crippen LogP) is 3.64. The minimum atomic E-state index is 0.0985. The molecule has 4 heteroatoms. The van der Waals surface area contributed by atoms with Crippen LogP contribution >= 0.6 is 0 Å². The van der Waals surface area contributed by atoms with Gasteiger partial charge in [0, 0.05) is 6.04 Å². The third kappa shape index (κ3) is 3.60. The minimum absolute atomic E-state index is 0.0985. The van der Waals surface area contributed by atoms with Crippen molar-refractivity contribution in [2.75, 3.05) is 20.1 Å². The van der Waals surface area contributed by atoms with Crippen LogP contribution in [-0.2, 0) is 0 Å². The van der Waals surface area contributed by atoms with Crippen LogP contribution in [0.5, 0.6) is 0 Å². The quantitative estimate of drug-likeness (QED) is 0.765. The van der Waals surface area contributed by atoms with Crippen LogP contribution in [0.3, 0.4) is 0 Å². The van der Waals surface area contributed by atoms with Gasteiger partial charge in [0.15, 0.2) is 0 Å². The number of benzene rings is 2. The molecule has 3 aromatic rings. The lowest BCUT2D eigenvalue weighted by atomic mass is 10.00. The van der Waals surface area contributed by atoms with E-state index in [0.717, 1.165) is 29.9 Å². The van der Waals surface area contributed by atoms with E-state index in [1.165, 1.54) is 24.0 Å². The third-order valence-electron chi connectivity index (χ3n) is 5.21. The molecule has 1 unspecified atom stereocenters. The molecule has 1 saturated heterocycles. The molecule has 1 fully saturated rings. The van der Waals surface area contributed by atoms with Gasteiger partial charge < -0.3 is 15.2 Å². The zero-order chi connectivity index (χ0) is 17.2. The summed E-state index contributed by atoms with van der Waals surface area (Å²) in [5.41, 5.74) is 4.68. The Kier molecular flexibility index (Phi) is 4.55. The fraction of sp³-hybridized carbons (Fsp3) is 0.381. The van der Waals surface area contributed by atoms with Crippen LogP contribution in [0.25, 0.3) is 11.0 Å². The summed E-state index contributed by atoms with van der Waals surface area (Å²) in [5.74, 6) is 1.00. The second kappa shape index (κ2) is 6.98. The van der Waals surface area contributed by atoms with Gasteiger partial charge in [-0.3, -0.25) is 0 Å². The SMILES string of the molecule is Cc1ccc(C(NC2CCN(C)CC2)c2nc3ccccc3[nH]2)cc1. The highest BCUT2D eigenvalue weighted by Crippen LogP contribution is 2.25. The maximum atomic E-state index is 4.86. The first-order valence-electron chi connectivity index (χ1n) is 9.15. The Morgan fingerprint density at radius 2 is 1.80 bits per heavy atom. The van der Waals surface area contributed by atoms with Crippen molar-refractivity contribution in [3.05, 3.63) is 65.5 Å². The second-order valence-electron chi connectivity index (χ2n) is 7.23. The number of H-pyrrole nitrogens is 1. The number of likely N-dealkylation sites (tertiary alicyclic amines) is 1. The van der Waals surface area contributed by atoms with Gasteiger partial charge in [-0.05, 0) is 57.6 Å². The van der Waals surface area contributed by atoms with Crippen molar-refractivity contribution in [1.29, 1.82) is 0 Å². The minimum Gasteiger partial charge on any atom is -0.340 e. The molecule has 4 nitrogen and oxygen atoms in total. The number of hydrogen-bond acceptors (Lipinski definition) is 3. The lowest BCUT2D eigenvalue weighted by Crippen LogP contribution is -2.42. The number of imidazole rings is 1. The molecule has 0 radical (unpaired) electrons. The van der Waals surface area contributed by atoms with Gasteiger partial charge in [-0.2, -0.15) is 0 Å². The molecule has 2 heterocycles. The molecule has 0 spiro atoms. The lowest BCUT2D eigenvalue weighted by molar-refractivity contribution is 0.228. The molecular formula is C21H26N4. The van der Waals surface area contributed by atoms with Crippen LogP contribution in [0.2, 0.25) is 0 Å². The number of aromatic nitrogens is 2. The summed E-state index contributed by atoms with van der Waals surface area (Å²) in [6.07, 6.45) is 2.36. The van der Waals surface area contributed by atoms with Crippen molar-refractivity contribution in [2.24, 2.45) is 0 Å². The normalized spacial score (nSPS) is 17.8. The molecule has 0 bridgehead atoms. The zero-order valence-electron chi connectivity index (χ0n) is 15.0. The molecule has 1 aliphatic rings. The van der Waals surface area contributed by atoms with Crippen molar-refractivity contribution in [3.8, 4) is 0 Å². The Balaban J connectivity index is 1.66. The second-order valence-corrected chi connectivity index (χ2v) is 7.23. The van der Waals surface area contributed by atoms with E-state index < -0.39 is 0 Å². The van der Waals surface area contributed by atoms with Gasteiger partial charge in [-0.1, -0.05) is 42.0 Å². The molecular weight excluding hydrogens is 308 g/mol. The van der Waals surface area contributed by atoms with Gasteiger partial charge >= 0.3 is 0 Å². The average Bonchev–Trinajstić information content (AvgIpc) is 3.06. The van der Waals surface area contributed by atoms with Crippen molar-refractivity contribution >= 4 is 11.0 Å². The number of aromatic amines is 1. The number of piperidine rings is 1. The zero-order valence-corrected chi connectivity index (χ0v) is 15.0. The van der Waals surface area contributed by atoms with E-state index in [-0.39, 0.29) is 6.04 Å². The van der Waals surface area contributed by atoms with Gasteiger partial charge in [-0.25, -0.2) is 4.98 Å². The third-order valence-corrected chi connectivity index (χ3v) is 5.21. The first-order chi connectivity index (χ1) is 12.2. The van der Waals surface area contributed by atoms with Gasteiger partial charge in [0.1, 0.15) is 5.82 Å². The Hall–Kier alpha value is -2.17. The molecule has 2 aromatic carbocycles. The molecule has 0 aliphatic carbocycles. The van der Waals surface area contributed by atoms with Crippen LogP contribution in [0.1, 0.15) is 35.8 Å². The van der Waals surface area contributed by atoms with E-state index in [1.807, 2.05) is 6.07 Å². The number of para-hydroxylation sites is 2. The first kappa shape index (κ1) is 16.3. The van der Waals surface area contributed by atoms with Crippen LogP contribution in [0.4, 0.5) is 0 Å². The van der Waals surface area contributed by atoms with Gasteiger partial charge in [-0.15, -0.1) is 0 Å². The Morgan fingerprint density at radius 3 is 2.52 bits per heavy atom. The van der Waals surface area contributed by atoms with Crippen LogP contribution in [0, 0.1) is 6.92 Å². The Labute approximate surface area is 149 Å². The predicted molar refractivity (Wildman–Crippen MR) is 103 cm³/mol. The Bertz CT molecular complexity index is 795. The van der Waals surface area contributed by atoms with Crippen molar-refractivity contribution in [2.45, 2.75) is 31.8 Å². The van der Waals surface area contributed by atoms with Gasteiger partial charge in [0.05, 0.1) is 17.1 Å².